The number of anilines is 1. The van der Waals surface area contributed by atoms with Gasteiger partial charge in [0.05, 0.1) is 76.5 Å². The minimum Gasteiger partial charge on any atom is -0.493 e. The molecule has 0 saturated carbocycles. The second-order valence-electron chi connectivity index (χ2n) is 24.8. The van der Waals surface area contributed by atoms with Crippen molar-refractivity contribution in [3.8, 4) is 34.5 Å². The third-order valence-corrected chi connectivity index (χ3v) is 18.2. The Hall–Kier alpha value is -11.8. The molecule has 2 aliphatic heterocycles. The largest absolute Gasteiger partial charge is 0.493 e. The van der Waals surface area contributed by atoms with E-state index in [1.54, 1.807) is 116 Å². The number of hydrogen-bond donors (Lipinski definition) is 4. The maximum Gasteiger partial charge on any atom is 0.340 e. The van der Waals surface area contributed by atoms with E-state index in [9.17, 15) is 33.6 Å². The molecule has 534 valence electrons. The first-order valence-electron chi connectivity index (χ1n) is 32.9. The SMILES string of the molecule is COC(=O)c1c(C)[nH]c2c1[C@]1(C)C(=CC2=O)N(C(=O)/C=C/c2ccc(N)c(OCCCN)c2)C[C@H]1C.COC(=O)c1c(C)[nH]c2c1[C@]1(C)C(=CC2=O)N(C(=O)/C=C/c2ccc(OC)c(OCCCN=[N+]=[N-])c2)C[C@H]1C.COc1ccc(/C=C/C(=O)Oc2ccc(C)cc2)cc1OCCCN=[N+]=[N-]. The molecule has 2 fully saturated rings. The molecular weight excluding hydrogens is 1310 g/mol. The fourth-order valence-corrected chi connectivity index (χ4v) is 12.6. The highest BCUT2D eigenvalue weighted by molar-refractivity contribution is 6.12. The molecule has 6 N–H and O–H groups in total. The number of likely N-dealkylation sites (tertiary alicyclic amines) is 2. The molecule has 4 aliphatic rings. The normalized spacial score (nSPS) is 17.6. The van der Waals surface area contributed by atoms with Crippen LogP contribution in [0.15, 0.2) is 131 Å². The highest BCUT2D eigenvalue weighted by atomic mass is 16.5. The standard InChI is InChI=1S/C28H31N5O6.C27H32N4O5.C20H21N3O4/c1-16-15-33(22-14-19(34)26-25(28(16,22)3)24(17(2)31-26)27(36)38-5)23(35)10-8-18-7-9-20(37-4)21(13-18)39-12-6-11-30-32-29;1-15-14-31(22(33)9-7-17-6-8-18(29)20(12-17)36-11-5-10-28)21-13-19(32)25-24(27(15,21)3)23(16(2)30-25)26(34)35-4;1-15-4-8-17(9-5-15)27-20(24)11-7-16-6-10-18(25-2)19(14-16)26-13-3-12-22-23-21/h7-10,13-14,16,31H,6,11-12,15H2,1-5H3;6-9,12-13,15,30H,5,10-11,14,28-29H2,1-4H3;4-11,14H,3,12-13H2,1-2H3/b10-8+;9-7+;11-7+/t16-,28+;15-,27+;/m11./s1. The van der Waals surface area contributed by atoms with Gasteiger partial charge in [0.2, 0.25) is 11.6 Å². The van der Waals surface area contributed by atoms with Gasteiger partial charge in [-0.15, -0.1) is 0 Å². The van der Waals surface area contributed by atoms with Crippen LogP contribution in [0.4, 0.5) is 5.69 Å². The molecule has 2 amide bonds. The van der Waals surface area contributed by atoms with Crippen molar-refractivity contribution in [3.05, 3.63) is 209 Å². The molecule has 27 nitrogen and oxygen atoms in total. The Morgan fingerprint density at radius 3 is 1.42 bits per heavy atom. The van der Waals surface area contributed by atoms with Crippen LogP contribution >= 0.6 is 0 Å². The van der Waals surface area contributed by atoms with E-state index in [2.05, 4.69) is 30.0 Å². The van der Waals surface area contributed by atoms with Crippen LogP contribution in [0.1, 0.15) is 133 Å². The van der Waals surface area contributed by atoms with Crippen LogP contribution in [0, 0.1) is 32.6 Å². The summed E-state index contributed by atoms with van der Waals surface area (Å²) in [6, 6.07) is 23.2. The molecule has 0 spiro atoms. The van der Waals surface area contributed by atoms with E-state index < -0.39 is 28.7 Å². The predicted octanol–water partition coefficient (Wildman–Crippen LogP) is 12.4. The van der Waals surface area contributed by atoms with Gasteiger partial charge in [-0.25, -0.2) is 14.4 Å². The minimum absolute atomic E-state index is 0.0503. The average molecular weight is 1390 g/mol. The summed E-state index contributed by atoms with van der Waals surface area (Å²) < 4.78 is 43.0. The fourth-order valence-electron chi connectivity index (χ4n) is 12.6. The molecule has 0 unspecified atom stereocenters. The van der Waals surface area contributed by atoms with Crippen LogP contribution in [0.2, 0.25) is 0 Å². The van der Waals surface area contributed by atoms with Gasteiger partial charge in [-0.05, 0) is 167 Å². The van der Waals surface area contributed by atoms with Crippen LogP contribution in [0.5, 0.6) is 34.5 Å². The van der Waals surface area contributed by atoms with E-state index >= 15 is 0 Å². The monoisotopic (exact) mass is 1390 g/mol. The van der Waals surface area contributed by atoms with Crippen LogP contribution in [-0.4, -0.2) is 142 Å². The molecule has 4 aromatic carbocycles. The van der Waals surface area contributed by atoms with Gasteiger partial charge in [-0.1, -0.05) is 60.0 Å². The van der Waals surface area contributed by atoms with Gasteiger partial charge in [-0.3, -0.25) is 19.2 Å². The number of H-pyrrole nitrogens is 2. The summed E-state index contributed by atoms with van der Waals surface area (Å²) >= 11 is 0. The molecule has 2 aromatic heterocycles. The number of ketones is 2. The number of aryl methyl sites for hydroxylation is 3. The first kappa shape index (κ1) is 76.0. The lowest BCUT2D eigenvalue weighted by Crippen LogP contribution is -2.36. The molecule has 27 heteroatoms. The zero-order valence-corrected chi connectivity index (χ0v) is 58.9. The zero-order valence-electron chi connectivity index (χ0n) is 58.9. The third-order valence-electron chi connectivity index (χ3n) is 18.2. The van der Waals surface area contributed by atoms with Crippen LogP contribution in [0.3, 0.4) is 0 Å². The zero-order chi connectivity index (χ0) is 74.0. The number of amides is 2. The number of carbonyl (C=O) groups is 7. The van der Waals surface area contributed by atoms with Crippen molar-refractivity contribution in [2.24, 2.45) is 27.8 Å². The minimum atomic E-state index is -0.738. The van der Waals surface area contributed by atoms with E-state index in [-0.39, 0.29) is 35.2 Å². The Morgan fingerprint density at radius 2 is 1.00 bits per heavy atom. The van der Waals surface area contributed by atoms with Gasteiger partial charge in [0, 0.05) is 111 Å². The molecule has 2 aliphatic carbocycles. The number of nitrogen functional groups attached to an aromatic ring is 1. The highest BCUT2D eigenvalue weighted by Gasteiger charge is 2.55. The number of rotatable bonds is 25. The number of benzene rings is 4. The second-order valence-corrected chi connectivity index (χ2v) is 24.8. The highest BCUT2D eigenvalue weighted by Crippen LogP contribution is 2.54. The number of methoxy groups -OCH3 is 4. The molecular formula is C75H84N12O15. The maximum atomic E-state index is 13.4. The second kappa shape index (κ2) is 34.3. The smallest absolute Gasteiger partial charge is 0.340 e. The Bertz CT molecular complexity index is 4440. The van der Waals surface area contributed by atoms with Crippen LogP contribution in [-0.2, 0) is 34.7 Å². The van der Waals surface area contributed by atoms with Gasteiger partial charge in [0.15, 0.2) is 23.0 Å². The number of esters is 3. The Labute approximate surface area is 590 Å². The summed E-state index contributed by atoms with van der Waals surface area (Å²) in [7, 11) is 5.71. The Kier molecular flexibility index (Phi) is 25.6. The Balaban J connectivity index is 0.000000198. The quantitative estimate of drug-likeness (QED) is 0.00604. The molecule has 102 heavy (non-hydrogen) atoms. The maximum absolute atomic E-state index is 13.4. The number of allylic oxidation sites excluding steroid dienone is 4. The number of fused-ring (bicyclic) bond motifs is 6. The van der Waals surface area contributed by atoms with Crippen molar-refractivity contribution >= 4 is 65.2 Å². The molecule has 6 aromatic rings. The van der Waals surface area contributed by atoms with E-state index in [1.807, 2.05) is 46.8 Å². The lowest BCUT2D eigenvalue weighted by atomic mass is 9.68. The lowest BCUT2D eigenvalue weighted by Gasteiger charge is -2.34. The van der Waals surface area contributed by atoms with Crippen molar-refractivity contribution in [3.63, 3.8) is 0 Å². The predicted molar refractivity (Wildman–Crippen MR) is 383 cm³/mol. The number of azide groups is 2. The summed E-state index contributed by atoms with van der Waals surface area (Å²) in [5.41, 5.74) is 35.4. The van der Waals surface area contributed by atoms with Crippen molar-refractivity contribution < 1.29 is 71.5 Å². The van der Waals surface area contributed by atoms with Gasteiger partial charge in [0.25, 0.3) is 11.8 Å². The van der Waals surface area contributed by atoms with Crippen molar-refractivity contribution in [2.75, 3.05) is 86.7 Å². The first-order chi connectivity index (χ1) is 48.9. The summed E-state index contributed by atoms with van der Waals surface area (Å²) in [5.74, 6) is 0.472. The lowest BCUT2D eigenvalue weighted by molar-refractivity contribution is -0.129. The average Bonchev–Trinajstić information content (AvgIpc) is 1.54. The number of nitrogens with zero attached hydrogens (tertiary/aromatic N) is 8. The number of nitrogens with one attached hydrogen (secondary N) is 2. The Morgan fingerprint density at radius 1 is 0.588 bits per heavy atom. The summed E-state index contributed by atoms with van der Waals surface area (Å²) in [5, 5.41) is 6.95. The van der Waals surface area contributed by atoms with Gasteiger partial charge in [0.1, 0.15) is 11.5 Å². The topological polar surface area (TPSA) is 381 Å². The number of aromatic amines is 2. The van der Waals surface area contributed by atoms with Gasteiger partial charge < -0.3 is 69.1 Å². The number of nitrogens with two attached hydrogens (primary N) is 2. The summed E-state index contributed by atoms with van der Waals surface area (Å²) in [6.45, 7) is 16.5. The van der Waals surface area contributed by atoms with E-state index in [4.69, 9.17) is 60.4 Å². The number of aromatic nitrogens is 2. The summed E-state index contributed by atoms with van der Waals surface area (Å²) in [4.78, 5) is 105. The first-order valence-corrected chi connectivity index (χ1v) is 32.9. The van der Waals surface area contributed by atoms with E-state index in [0.717, 1.165) is 22.3 Å². The molecule has 2 saturated heterocycles. The third kappa shape index (κ3) is 16.9. The van der Waals surface area contributed by atoms with Crippen LogP contribution in [0.25, 0.3) is 39.1 Å². The molecule has 4 atom stereocenters. The molecule has 4 heterocycles. The van der Waals surface area contributed by atoms with Gasteiger partial charge >= 0.3 is 17.9 Å². The van der Waals surface area contributed by atoms with Crippen molar-refractivity contribution in [1.29, 1.82) is 0 Å². The van der Waals surface area contributed by atoms with Gasteiger partial charge in [-0.2, -0.15) is 0 Å². The number of hydrogen-bond acceptors (Lipinski definition) is 19. The molecule has 0 radical (unpaired) electrons. The van der Waals surface area contributed by atoms with E-state index in [1.165, 1.54) is 51.7 Å². The number of carbonyl (C=O) groups excluding carboxylic acids is 7. The van der Waals surface area contributed by atoms with E-state index in [0.29, 0.717) is 168 Å². The number of ether oxygens (including phenoxy) is 8. The molecule has 10 rings (SSSR count). The summed E-state index contributed by atoms with van der Waals surface area (Å²) in [6.07, 6.45) is 14.1. The van der Waals surface area contributed by atoms with Crippen molar-refractivity contribution in [2.45, 2.75) is 78.6 Å². The van der Waals surface area contributed by atoms with Crippen LogP contribution < -0.4 is 39.9 Å². The molecule has 0 bridgehead atoms. The van der Waals surface area contributed by atoms with Crippen molar-refractivity contribution in [1.82, 2.24) is 19.8 Å². The fraction of sp³-hybridized carbons (Fsp3) is 0.347.